The predicted molar refractivity (Wildman–Crippen MR) is 61.6 cm³/mol. The van der Waals surface area contributed by atoms with Gasteiger partial charge in [-0.15, -0.1) is 0 Å². The fourth-order valence-corrected chi connectivity index (χ4v) is 1.55. The number of hydrogen-bond acceptors (Lipinski definition) is 3. The molecule has 1 rings (SSSR count). The third kappa shape index (κ3) is 3.58. The van der Waals surface area contributed by atoms with Crippen LogP contribution in [-0.2, 0) is 16.1 Å². The second-order valence-electron chi connectivity index (χ2n) is 3.95. The van der Waals surface area contributed by atoms with Crippen LogP contribution < -0.4 is 5.32 Å². The molecule has 0 spiro atoms. The average Bonchev–Trinajstić information content (AvgIpc) is 2.53. The lowest BCUT2D eigenvalue weighted by Crippen LogP contribution is -2.42. The first-order valence-corrected chi connectivity index (χ1v) is 5.47. The highest BCUT2D eigenvalue weighted by molar-refractivity contribution is 5.83. The molecule has 0 aromatic carbocycles. The number of rotatable bonds is 5. The van der Waals surface area contributed by atoms with Gasteiger partial charge in [-0.05, 0) is 26.3 Å². The van der Waals surface area contributed by atoms with Crippen LogP contribution in [0.1, 0.15) is 24.7 Å². The summed E-state index contributed by atoms with van der Waals surface area (Å²) in [7, 11) is 0. The minimum Gasteiger partial charge on any atom is -0.480 e. The second kappa shape index (κ2) is 5.47. The van der Waals surface area contributed by atoms with Gasteiger partial charge in [0.05, 0.1) is 5.69 Å². The molecule has 0 bridgehead atoms. The zero-order valence-electron chi connectivity index (χ0n) is 10.2. The lowest BCUT2D eigenvalue weighted by molar-refractivity contribution is -0.142. The van der Waals surface area contributed by atoms with Crippen LogP contribution in [0.25, 0.3) is 0 Å². The minimum absolute atomic E-state index is 0.0451. The summed E-state index contributed by atoms with van der Waals surface area (Å²) >= 11 is 0. The largest absolute Gasteiger partial charge is 0.480 e. The number of carboxylic acids is 1. The summed E-state index contributed by atoms with van der Waals surface area (Å²) in [4.78, 5) is 22.4. The van der Waals surface area contributed by atoms with E-state index in [0.29, 0.717) is 6.42 Å². The van der Waals surface area contributed by atoms with E-state index < -0.39 is 12.0 Å². The molecule has 6 nitrogen and oxygen atoms in total. The Hall–Kier alpha value is -1.85. The van der Waals surface area contributed by atoms with Crippen molar-refractivity contribution in [2.45, 2.75) is 39.8 Å². The molecule has 1 heterocycles. The third-order valence-electron chi connectivity index (χ3n) is 2.44. The van der Waals surface area contributed by atoms with E-state index in [4.69, 9.17) is 5.11 Å². The van der Waals surface area contributed by atoms with Crippen molar-refractivity contribution in [2.24, 2.45) is 0 Å². The van der Waals surface area contributed by atoms with Gasteiger partial charge in [-0.1, -0.05) is 6.92 Å². The monoisotopic (exact) mass is 239 g/mol. The molecule has 0 saturated carbocycles. The zero-order valence-corrected chi connectivity index (χ0v) is 10.2. The van der Waals surface area contributed by atoms with Crippen molar-refractivity contribution in [1.82, 2.24) is 15.1 Å². The van der Waals surface area contributed by atoms with E-state index in [9.17, 15) is 9.59 Å². The van der Waals surface area contributed by atoms with E-state index in [0.717, 1.165) is 11.4 Å². The first kappa shape index (κ1) is 13.2. The molecular formula is C11H17N3O3. The number of aryl methyl sites for hydroxylation is 2. The summed E-state index contributed by atoms with van der Waals surface area (Å²) in [5.41, 5.74) is 1.71. The van der Waals surface area contributed by atoms with E-state index in [-0.39, 0.29) is 12.5 Å². The highest BCUT2D eigenvalue weighted by atomic mass is 16.4. The quantitative estimate of drug-likeness (QED) is 0.782. The molecular weight excluding hydrogens is 222 g/mol. The van der Waals surface area contributed by atoms with Gasteiger partial charge in [-0.2, -0.15) is 5.10 Å². The number of nitrogens with one attached hydrogen (secondary N) is 1. The maximum Gasteiger partial charge on any atom is 0.326 e. The van der Waals surface area contributed by atoms with Gasteiger partial charge in [0, 0.05) is 5.69 Å². The van der Waals surface area contributed by atoms with Gasteiger partial charge in [-0.3, -0.25) is 9.48 Å². The molecule has 94 valence electrons. The van der Waals surface area contributed by atoms with Crippen molar-refractivity contribution in [3.05, 3.63) is 17.5 Å². The number of amides is 1. The first-order chi connectivity index (χ1) is 7.93. The molecule has 1 aromatic rings. The molecule has 1 amide bonds. The van der Waals surface area contributed by atoms with Gasteiger partial charge < -0.3 is 10.4 Å². The molecule has 0 radical (unpaired) electrons. The molecule has 1 aromatic heterocycles. The molecule has 6 heteroatoms. The van der Waals surface area contributed by atoms with Crippen LogP contribution in [0.15, 0.2) is 6.07 Å². The van der Waals surface area contributed by atoms with E-state index in [1.54, 1.807) is 11.6 Å². The molecule has 2 N–H and O–H groups in total. The summed E-state index contributed by atoms with van der Waals surface area (Å²) < 4.78 is 1.55. The predicted octanol–water partition coefficient (Wildman–Crippen LogP) is 0.479. The highest BCUT2D eigenvalue weighted by Gasteiger charge is 2.18. The summed E-state index contributed by atoms with van der Waals surface area (Å²) in [6, 6.07) is 1.03. The van der Waals surface area contributed by atoms with Crippen LogP contribution in [0, 0.1) is 13.8 Å². The fourth-order valence-electron chi connectivity index (χ4n) is 1.55. The van der Waals surface area contributed by atoms with Gasteiger partial charge in [0.2, 0.25) is 5.91 Å². The highest BCUT2D eigenvalue weighted by Crippen LogP contribution is 2.01. The van der Waals surface area contributed by atoms with Crippen molar-refractivity contribution in [1.29, 1.82) is 0 Å². The molecule has 0 aliphatic carbocycles. The number of carbonyl (C=O) groups is 2. The van der Waals surface area contributed by atoms with Gasteiger partial charge in [0.1, 0.15) is 12.6 Å². The third-order valence-corrected chi connectivity index (χ3v) is 2.44. The number of carboxylic acid groups (broad SMARTS) is 1. The molecule has 0 saturated heterocycles. The Morgan fingerprint density at radius 2 is 2.18 bits per heavy atom. The van der Waals surface area contributed by atoms with Crippen molar-refractivity contribution < 1.29 is 14.7 Å². The van der Waals surface area contributed by atoms with Gasteiger partial charge in [0.25, 0.3) is 0 Å². The molecule has 0 unspecified atom stereocenters. The van der Waals surface area contributed by atoms with Crippen molar-refractivity contribution in [3.63, 3.8) is 0 Å². The van der Waals surface area contributed by atoms with Gasteiger partial charge in [0.15, 0.2) is 0 Å². The van der Waals surface area contributed by atoms with E-state index in [2.05, 4.69) is 10.4 Å². The van der Waals surface area contributed by atoms with Gasteiger partial charge >= 0.3 is 5.97 Å². The first-order valence-electron chi connectivity index (χ1n) is 5.47. The molecule has 0 aliphatic rings. The molecule has 1 atom stereocenters. The summed E-state index contributed by atoms with van der Waals surface area (Å²) in [6.45, 7) is 5.45. The van der Waals surface area contributed by atoms with Crippen LogP contribution in [0.2, 0.25) is 0 Å². The molecule has 0 aliphatic heterocycles. The van der Waals surface area contributed by atoms with Crippen molar-refractivity contribution >= 4 is 11.9 Å². The Kier molecular flexibility index (Phi) is 4.25. The Labute approximate surface area is 99.6 Å². The maximum absolute atomic E-state index is 11.6. The van der Waals surface area contributed by atoms with E-state index >= 15 is 0 Å². The Balaban J connectivity index is 2.61. The van der Waals surface area contributed by atoms with Crippen molar-refractivity contribution in [3.8, 4) is 0 Å². The maximum atomic E-state index is 11.6. The topological polar surface area (TPSA) is 84.2 Å². The smallest absolute Gasteiger partial charge is 0.326 e. The minimum atomic E-state index is -1.02. The van der Waals surface area contributed by atoms with E-state index in [1.165, 1.54) is 0 Å². The Bertz CT molecular complexity index is 426. The lowest BCUT2D eigenvalue weighted by Gasteiger charge is -2.12. The van der Waals surface area contributed by atoms with Crippen LogP contribution in [0.5, 0.6) is 0 Å². The summed E-state index contributed by atoms with van der Waals surface area (Å²) in [5, 5.41) is 15.4. The SMILES string of the molecule is CC[C@@H](NC(=O)Cn1nc(C)cc1C)C(=O)O. The van der Waals surface area contributed by atoms with Crippen LogP contribution in [0.4, 0.5) is 0 Å². The second-order valence-corrected chi connectivity index (χ2v) is 3.95. The molecule has 17 heavy (non-hydrogen) atoms. The number of hydrogen-bond donors (Lipinski definition) is 2. The Morgan fingerprint density at radius 1 is 1.53 bits per heavy atom. The van der Waals surface area contributed by atoms with E-state index in [1.807, 2.05) is 19.9 Å². The number of nitrogens with zero attached hydrogens (tertiary/aromatic N) is 2. The standard InChI is InChI=1S/C11H17N3O3/c1-4-9(11(16)17)12-10(15)6-14-8(3)5-7(2)13-14/h5,9H,4,6H2,1-3H3,(H,12,15)(H,16,17)/t9-/m1/s1. The van der Waals surface area contributed by atoms with Crippen LogP contribution in [0.3, 0.4) is 0 Å². The normalized spacial score (nSPS) is 12.2. The Morgan fingerprint density at radius 3 is 2.59 bits per heavy atom. The number of aliphatic carboxylic acids is 1. The van der Waals surface area contributed by atoms with Gasteiger partial charge in [-0.25, -0.2) is 4.79 Å². The number of aromatic nitrogens is 2. The average molecular weight is 239 g/mol. The summed E-state index contributed by atoms with van der Waals surface area (Å²) in [5.74, 6) is -1.36. The summed E-state index contributed by atoms with van der Waals surface area (Å²) in [6.07, 6.45) is 0.359. The lowest BCUT2D eigenvalue weighted by atomic mass is 10.2. The fraction of sp³-hybridized carbons (Fsp3) is 0.545. The van der Waals surface area contributed by atoms with Crippen molar-refractivity contribution in [2.75, 3.05) is 0 Å². The van der Waals surface area contributed by atoms with Crippen LogP contribution in [-0.4, -0.2) is 32.8 Å². The zero-order chi connectivity index (χ0) is 13.0. The molecule has 0 fully saturated rings. The number of carbonyl (C=O) groups excluding carboxylic acids is 1. The van der Waals surface area contributed by atoms with Crippen LogP contribution >= 0.6 is 0 Å².